The van der Waals surface area contributed by atoms with E-state index in [2.05, 4.69) is 15.1 Å². The molecule has 4 rings (SSSR count). The summed E-state index contributed by atoms with van der Waals surface area (Å²) < 4.78 is 5.47. The fraction of sp³-hybridized carbons (Fsp3) is 0.947. The number of piperazine rings is 1. The molecule has 5 nitrogen and oxygen atoms in total. The second kappa shape index (κ2) is 7.30. The molecule has 1 amide bonds. The van der Waals surface area contributed by atoms with E-state index in [1.54, 1.807) is 0 Å². The molecule has 0 aromatic rings. The normalized spacial score (nSPS) is 35.8. The highest BCUT2D eigenvalue weighted by molar-refractivity contribution is 5.84. The molecule has 0 spiro atoms. The Morgan fingerprint density at radius 3 is 2.67 bits per heavy atom. The number of amides is 1. The zero-order valence-corrected chi connectivity index (χ0v) is 15.0. The van der Waals surface area contributed by atoms with Gasteiger partial charge in [0.25, 0.3) is 0 Å². The van der Waals surface area contributed by atoms with Gasteiger partial charge in [-0.2, -0.15) is 0 Å². The van der Waals surface area contributed by atoms with Gasteiger partial charge in [-0.3, -0.25) is 9.69 Å². The van der Waals surface area contributed by atoms with Gasteiger partial charge in [-0.05, 0) is 44.1 Å². The van der Waals surface area contributed by atoms with Crippen molar-refractivity contribution < 1.29 is 9.53 Å². The van der Waals surface area contributed by atoms with Gasteiger partial charge in [0.15, 0.2) is 0 Å². The predicted molar refractivity (Wildman–Crippen MR) is 93.8 cm³/mol. The van der Waals surface area contributed by atoms with Crippen molar-refractivity contribution in [3.63, 3.8) is 0 Å². The Morgan fingerprint density at radius 2 is 1.88 bits per heavy atom. The summed E-state index contributed by atoms with van der Waals surface area (Å²) in [6.07, 6.45) is 7.29. The number of rotatable bonds is 3. The molecule has 0 unspecified atom stereocenters. The molecule has 1 saturated carbocycles. The third kappa shape index (κ3) is 3.23. The van der Waals surface area contributed by atoms with Crippen LogP contribution in [0.5, 0.6) is 0 Å². The molecule has 0 bridgehead atoms. The molecule has 136 valence electrons. The molecule has 0 aromatic heterocycles. The van der Waals surface area contributed by atoms with Crippen LogP contribution in [0.3, 0.4) is 0 Å². The smallest absolute Gasteiger partial charge is 0.230 e. The molecule has 1 aliphatic carbocycles. The summed E-state index contributed by atoms with van der Waals surface area (Å²) in [5.74, 6) is 1.84. The van der Waals surface area contributed by atoms with Crippen LogP contribution in [0.2, 0.25) is 0 Å². The van der Waals surface area contributed by atoms with E-state index in [0.717, 1.165) is 64.8 Å². The standard InChI is InChI=1S/C19H33N3O2/c23-18(19-6-2-1-3-17(19)13-20-15-19)22-9-7-21(8-10-22)14-16-4-11-24-12-5-16/h16-17,20H,1-15H2/t17-,19+/m0/s1. The topological polar surface area (TPSA) is 44.8 Å². The van der Waals surface area contributed by atoms with Gasteiger partial charge < -0.3 is 15.0 Å². The molecule has 4 fully saturated rings. The number of nitrogens with one attached hydrogen (secondary N) is 1. The molecule has 3 aliphatic heterocycles. The van der Waals surface area contributed by atoms with E-state index in [0.29, 0.717) is 11.8 Å². The molecule has 0 aromatic carbocycles. The molecule has 1 N–H and O–H groups in total. The quantitative estimate of drug-likeness (QED) is 0.845. The molecule has 4 aliphatic rings. The Balaban J connectivity index is 1.31. The Hall–Kier alpha value is -0.650. The number of hydrogen-bond acceptors (Lipinski definition) is 4. The Kier molecular flexibility index (Phi) is 5.11. The van der Waals surface area contributed by atoms with Crippen LogP contribution in [0.25, 0.3) is 0 Å². The third-order valence-electron chi connectivity index (χ3n) is 6.98. The number of ether oxygens (including phenoxy) is 1. The average molecular weight is 335 g/mol. The monoisotopic (exact) mass is 335 g/mol. The lowest BCUT2D eigenvalue weighted by Crippen LogP contribution is -2.56. The number of nitrogens with zero attached hydrogens (tertiary/aromatic N) is 2. The van der Waals surface area contributed by atoms with E-state index in [1.807, 2.05) is 0 Å². The molecular weight excluding hydrogens is 302 g/mol. The van der Waals surface area contributed by atoms with Crippen LogP contribution in [0.4, 0.5) is 0 Å². The first kappa shape index (κ1) is 16.8. The van der Waals surface area contributed by atoms with Crippen molar-refractivity contribution in [2.45, 2.75) is 38.5 Å². The van der Waals surface area contributed by atoms with Crippen molar-refractivity contribution >= 4 is 5.91 Å². The summed E-state index contributed by atoms with van der Waals surface area (Å²) in [6, 6.07) is 0. The number of carbonyl (C=O) groups excluding carboxylic acids is 1. The van der Waals surface area contributed by atoms with E-state index < -0.39 is 0 Å². The van der Waals surface area contributed by atoms with Crippen LogP contribution in [-0.4, -0.2) is 74.7 Å². The molecule has 2 atom stereocenters. The summed E-state index contributed by atoms with van der Waals surface area (Å²) in [4.78, 5) is 18.1. The van der Waals surface area contributed by atoms with Crippen molar-refractivity contribution in [1.82, 2.24) is 15.1 Å². The van der Waals surface area contributed by atoms with E-state index in [-0.39, 0.29) is 5.41 Å². The highest BCUT2D eigenvalue weighted by atomic mass is 16.5. The van der Waals surface area contributed by atoms with Gasteiger partial charge in [0.1, 0.15) is 0 Å². The van der Waals surface area contributed by atoms with Crippen LogP contribution in [0.1, 0.15) is 38.5 Å². The fourth-order valence-electron chi connectivity index (χ4n) is 5.41. The average Bonchev–Trinajstić information content (AvgIpc) is 3.08. The second-order valence-corrected chi connectivity index (χ2v) is 8.38. The van der Waals surface area contributed by atoms with Crippen LogP contribution in [0.15, 0.2) is 0 Å². The van der Waals surface area contributed by atoms with Crippen molar-refractivity contribution in [3.05, 3.63) is 0 Å². The molecule has 3 heterocycles. The summed E-state index contributed by atoms with van der Waals surface area (Å²) in [5, 5.41) is 3.52. The lowest BCUT2D eigenvalue weighted by Gasteiger charge is -2.44. The first-order valence-corrected chi connectivity index (χ1v) is 10.1. The van der Waals surface area contributed by atoms with Crippen molar-refractivity contribution in [1.29, 1.82) is 0 Å². The summed E-state index contributed by atoms with van der Waals surface area (Å²) in [7, 11) is 0. The second-order valence-electron chi connectivity index (χ2n) is 8.38. The maximum absolute atomic E-state index is 13.3. The number of fused-ring (bicyclic) bond motifs is 1. The fourth-order valence-corrected chi connectivity index (χ4v) is 5.41. The van der Waals surface area contributed by atoms with E-state index in [9.17, 15) is 4.79 Å². The number of hydrogen-bond donors (Lipinski definition) is 1. The maximum Gasteiger partial charge on any atom is 0.230 e. The van der Waals surface area contributed by atoms with Gasteiger partial charge in [-0.25, -0.2) is 0 Å². The Labute approximate surface area is 146 Å². The van der Waals surface area contributed by atoms with E-state index in [4.69, 9.17) is 4.74 Å². The first-order valence-electron chi connectivity index (χ1n) is 10.1. The van der Waals surface area contributed by atoms with Crippen LogP contribution < -0.4 is 5.32 Å². The molecular formula is C19H33N3O2. The van der Waals surface area contributed by atoms with Crippen molar-refractivity contribution in [2.75, 3.05) is 59.0 Å². The highest BCUT2D eigenvalue weighted by Gasteiger charge is 2.51. The molecule has 5 heteroatoms. The zero-order chi connectivity index (χ0) is 16.4. The Bertz CT molecular complexity index is 444. The lowest BCUT2D eigenvalue weighted by atomic mass is 9.67. The molecule has 3 saturated heterocycles. The van der Waals surface area contributed by atoms with E-state index in [1.165, 1.54) is 38.6 Å². The summed E-state index contributed by atoms with van der Waals surface area (Å²) >= 11 is 0. The van der Waals surface area contributed by atoms with Crippen LogP contribution in [-0.2, 0) is 9.53 Å². The highest BCUT2D eigenvalue weighted by Crippen LogP contribution is 2.45. The Morgan fingerprint density at radius 1 is 1.08 bits per heavy atom. The van der Waals surface area contributed by atoms with E-state index >= 15 is 0 Å². The molecule has 0 radical (unpaired) electrons. The minimum absolute atomic E-state index is 0.0683. The van der Waals surface area contributed by atoms with Crippen LogP contribution in [0, 0.1) is 17.3 Å². The minimum atomic E-state index is -0.0683. The van der Waals surface area contributed by atoms with Gasteiger partial charge in [0.05, 0.1) is 5.41 Å². The lowest BCUT2D eigenvalue weighted by molar-refractivity contribution is -0.147. The van der Waals surface area contributed by atoms with Gasteiger partial charge in [0.2, 0.25) is 5.91 Å². The van der Waals surface area contributed by atoms with Gasteiger partial charge >= 0.3 is 0 Å². The largest absolute Gasteiger partial charge is 0.381 e. The first-order chi connectivity index (χ1) is 11.8. The summed E-state index contributed by atoms with van der Waals surface area (Å²) in [5.41, 5.74) is -0.0683. The zero-order valence-electron chi connectivity index (χ0n) is 15.0. The molecule has 24 heavy (non-hydrogen) atoms. The SMILES string of the molecule is O=C(N1CCN(CC2CCOCC2)CC1)[C@@]12CCCC[C@H]1CNC2. The summed E-state index contributed by atoms with van der Waals surface area (Å²) in [6.45, 7) is 8.98. The predicted octanol–water partition coefficient (Wildman–Crippen LogP) is 1.34. The van der Waals surface area contributed by atoms with Crippen molar-refractivity contribution in [2.24, 2.45) is 17.3 Å². The van der Waals surface area contributed by atoms with Gasteiger partial charge in [-0.1, -0.05) is 12.8 Å². The number of carbonyl (C=O) groups is 1. The maximum atomic E-state index is 13.3. The van der Waals surface area contributed by atoms with Gasteiger partial charge in [-0.15, -0.1) is 0 Å². The third-order valence-corrected chi connectivity index (χ3v) is 6.98. The minimum Gasteiger partial charge on any atom is -0.381 e. The van der Waals surface area contributed by atoms with Crippen molar-refractivity contribution in [3.8, 4) is 0 Å². The van der Waals surface area contributed by atoms with Gasteiger partial charge in [0, 0.05) is 52.5 Å². The van der Waals surface area contributed by atoms with Crippen LogP contribution >= 0.6 is 0 Å².